The molecule has 1 atom stereocenters. The van der Waals surface area contributed by atoms with E-state index in [4.69, 9.17) is 24.3 Å². The zero-order valence-electron chi connectivity index (χ0n) is 23.8. The molecule has 10 heteroatoms. The van der Waals surface area contributed by atoms with Crippen LogP contribution >= 0.6 is 0 Å². The number of nitrogens with one attached hydrogen (secondary N) is 1. The number of β-amino-alcohol motifs (C(OH)–C–C–N with tert-alkyl or cyclic N) is 1. The number of aliphatic hydroxyl groups is 2. The summed E-state index contributed by atoms with van der Waals surface area (Å²) in [7, 11) is 3.02. The second-order valence-electron chi connectivity index (χ2n) is 10.1. The van der Waals surface area contributed by atoms with Crippen LogP contribution in [0.4, 0.5) is 4.39 Å². The maximum Gasteiger partial charge on any atom is 0.163 e. The number of hydrogen-bond donors (Lipinski definition) is 3. The molecule has 2 heterocycles. The Hall–Kier alpha value is -3.57. The van der Waals surface area contributed by atoms with E-state index in [0.717, 1.165) is 26.2 Å². The number of halogens is 1. The van der Waals surface area contributed by atoms with Gasteiger partial charge in [0.15, 0.2) is 17.3 Å². The Morgan fingerprint density at radius 3 is 2.46 bits per heavy atom. The van der Waals surface area contributed by atoms with E-state index >= 15 is 0 Å². The summed E-state index contributed by atoms with van der Waals surface area (Å²) in [5, 5.41) is 24.5. The average molecular weight is 568 g/mol. The normalized spacial score (nSPS) is 15.3. The fourth-order valence-electron chi connectivity index (χ4n) is 4.98. The molecule has 3 aromatic rings. The topological polar surface area (TPSA) is 113 Å². The summed E-state index contributed by atoms with van der Waals surface area (Å²) in [6, 6.07) is 13.1. The number of rotatable bonds is 13. The third kappa shape index (κ3) is 7.39. The van der Waals surface area contributed by atoms with Crippen LogP contribution in [0.25, 0.3) is 11.3 Å². The lowest BCUT2D eigenvalue weighted by Gasteiger charge is -2.36. The highest BCUT2D eigenvalue weighted by Crippen LogP contribution is 2.35. The van der Waals surface area contributed by atoms with Gasteiger partial charge >= 0.3 is 0 Å². The van der Waals surface area contributed by atoms with Gasteiger partial charge in [-0.25, -0.2) is 9.37 Å². The van der Waals surface area contributed by atoms with Gasteiger partial charge in [0.25, 0.3) is 0 Å². The zero-order valence-corrected chi connectivity index (χ0v) is 23.8. The maximum absolute atomic E-state index is 14.0. The van der Waals surface area contributed by atoms with Crippen LogP contribution in [0.2, 0.25) is 0 Å². The third-order valence-electron chi connectivity index (χ3n) is 7.28. The van der Waals surface area contributed by atoms with Crippen molar-refractivity contribution in [2.75, 3.05) is 60.2 Å². The van der Waals surface area contributed by atoms with E-state index in [0.29, 0.717) is 51.9 Å². The SMILES string of the molecule is COc1cc(C(=O)CCC(O)(CN2CCNCC2)c2ccc(OC)c(-c3ccc(F)c(C)c3)n2)ccc1OCCO. The molecule has 1 unspecified atom stereocenters. The third-order valence-corrected chi connectivity index (χ3v) is 7.28. The Morgan fingerprint density at radius 2 is 1.78 bits per heavy atom. The summed E-state index contributed by atoms with van der Waals surface area (Å²) in [6.07, 6.45) is 0.184. The molecule has 0 amide bonds. The number of nitrogens with zero attached hydrogens (tertiary/aromatic N) is 2. The zero-order chi connectivity index (χ0) is 29.4. The summed E-state index contributed by atoms with van der Waals surface area (Å²) in [5.74, 6) is 0.826. The van der Waals surface area contributed by atoms with Crippen molar-refractivity contribution in [1.29, 1.82) is 0 Å². The van der Waals surface area contributed by atoms with Crippen LogP contribution in [-0.2, 0) is 5.60 Å². The molecule has 1 aliphatic rings. The fourth-order valence-corrected chi connectivity index (χ4v) is 4.98. The predicted octanol–water partition coefficient (Wildman–Crippen LogP) is 3.34. The van der Waals surface area contributed by atoms with Crippen LogP contribution in [-0.4, -0.2) is 86.0 Å². The minimum atomic E-state index is -1.45. The maximum atomic E-state index is 14.0. The van der Waals surface area contributed by atoms with Gasteiger partial charge in [-0.05, 0) is 67.4 Å². The number of carbonyl (C=O) groups is 1. The minimum absolute atomic E-state index is 0.0568. The van der Waals surface area contributed by atoms with Gasteiger partial charge in [0.05, 0.1) is 26.5 Å². The van der Waals surface area contributed by atoms with E-state index in [1.807, 2.05) is 0 Å². The van der Waals surface area contributed by atoms with E-state index < -0.39 is 5.60 Å². The van der Waals surface area contributed by atoms with Crippen molar-refractivity contribution in [3.05, 3.63) is 71.2 Å². The summed E-state index contributed by atoms with van der Waals surface area (Å²) < 4.78 is 30.4. The van der Waals surface area contributed by atoms with Crippen LogP contribution in [0.3, 0.4) is 0 Å². The van der Waals surface area contributed by atoms with Crippen molar-refractivity contribution in [2.45, 2.75) is 25.4 Å². The van der Waals surface area contributed by atoms with Crippen molar-refractivity contribution in [2.24, 2.45) is 0 Å². The molecule has 1 saturated heterocycles. The summed E-state index contributed by atoms with van der Waals surface area (Å²) in [5.41, 5.74) is 1.01. The number of ketones is 1. The highest BCUT2D eigenvalue weighted by atomic mass is 19.1. The molecule has 1 fully saturated rings. The molecule has 0 spiro atoms. The van der Waals surface area contributed by atoms with Crippen molar-refractivity contribution in [1.82, 2.24) is 15.2 Å². The minimum Gasteiger partial charge on any atom is -0.494 e. The van der Waals surface area contributed by atoms with Gasteiger partial charge < -0.3 is 29.7 Å². The first-order valence-electron chi connectivity index (χ1n) is 13.7. The Kier molecular flexibility index (Phi) is 10.3. The largest absolute Gasteiger partial charge is 0.494 e. The van der Waals surface area contributed by atoms with Crippen molar-refractivity contribution in [3.8, 4) is 28.5 Å². The van der Waals surface area contributed by atoms with E-state index in [9.17, 15) is 14.3 Å². The molecule has 2 aromatic carbocycles. The molecule has 4 rings (SSSR count). The molecular weight excluding hydrogens is 529 g/mol. The Bertz CT molecular complexity index is 1350. The Balaban J connectivity index is 1.64. The number of aryl methyl sites for hydroxylation is 1. The number of carbonyl (C=O) groups excluding carboxylic acids is 1. The van der Waals surface area contributed by atoms with E-state index in [2.05, 4.69) is 10.2 Å². The molecule has 0 saturated carbocycles. The first-order chi connectivity index (χ1) is 19.8. The quantitative estimate of drug-likeness (QED) is 0.268. The smallest absolute Gasteiger partial charge is 0.163 e. The summed E-state index contributed by atoms with van der Waals surface area (Å²) in [4.78, 5) is 20.3. The molecule has 9 nitrogen and oxygen atoms in total. The molecule has 0 radical (unpaired) electrons. The number of aromatic nitrogens is 1. The number of hydrogen-bond acceptors (Lipinski definition) is 9. The number of benzene rings is 2. The van der Waals surface area contributed by atoms with Gasteiger partial charge in [0, 0.05) is 50.3 Å². The number of pyridine rings is 1. The molecular formula is C31H38FN3O6. The first kappa shape index (κ1) is 30.4. The predicted molar refractivity (Wildman–Crippen MR) is 153 cm³/mol. The van der Waals surface area contributed by atoms with Gasteiger partial charge in [-0.15, -0.1) is 0 Å². The molecule has 0 aliphatic carbocycles. The molecule has 1 aliphatic heterocycles. The van der Waals surface area contributed by atoms with Crippen LogP contribution in [0.5, 0.6) is 17.2 Å². The van der Waals surface area contributed by atoms with Crippen LogP contribution in [0.15, 0.2) is 48.5 Å². The Morgan fingerprint density at radius 1 is 1.05 bits per heavy atom. The Labute approximate surface area is 239 Å². The molecule has 41 heavy (non-hydrogen) atoms. The van der Waals surface area contributed by atoms with Crippen LogP contribution in [0, 0.1) is 12.7 Å². The molecule has 220 valence electrons. The first-order valence-corrected chi connectivity index (χ1v) is 13.7. The fraction of sp³-hybridized carbons (Fsp3) is 0.419. The molecule has 0 bridgehead atoms. The second-order valence-corrected chi connectivity index (χ2v) is 10.1. The highest BCUT2D eigenvalue weighted by molar-refractivity contribution is 5.96. The van der Waals surface area contributed by atoms with Crippen LogP contribution in [0.1, 0.15) is 34.5 Å². The molecule has 3 N–H and O–H groups in total. The monoisotopic (exact) mass is 567 g/mol. The van der Waals surface area contributed by atoms with Crippen molar-refractivity contribution >= 4 is 5.78 Å². The lowest BCUT2D eigenvalue weighted by Crippen LogP contribution is -2.50. The van der Waals surface area contributed by atoms with Crippen LogP contribution < -0.4 is 19.5 Å². The van der Waals surface area contributed by atoms with E-state index in [1.54, 1.807) is 49.4 Å². The van der Waals surface area contributed by atoms with Gasteiger partial charge in [0.2, 0.25) is 0 Å². The van der Waals surface area contributed by atoms with Gasteiger partial charge in [-0.1, -0.05) is 0 Å². The summed E-state index contributed by atoms with van der Waals surface area (Å²) in [6.45, 7) is 5.05. The standard InChI is InChI=1S/C31H38FN3O6/c1-21-18-23(4-6-24(21)32)30-27(39-2)8-9-29(34-30)31(38,20-35-14-12-33-13-15-35)11-10-25(37)22-5-7-26(41-17-16-36)28(19-22)40-3/h4-9,18-19,33,36,38H,10-17,20H2,1-3H3. The second kappa shape index (κ2) is 13.9. The molecule has 1 aromatic heterocycles. The van der Waals surface area contributed by atoms with Gasteiger partial charge in [-0.3, -0.25) is 9.69 Å². The highest BCUT2D eigenvalue weighted by Gasteiger charge is 2.35. The van der Waals surface area contributed by atoms with Gasteiger partial charge in [0.1, 0.15) is 29.5 Å². The van der Waals surface area contributed by atoms with Crippen molar-refractivity contribution < 1.29 is 33.6 Å². The number of Topliss-reactive ketones (excluding diaryl/α,β-unsaturated/α-hetero) is 1. The van der Waals surface area contributed by atoms with E-state index in [-0.39, 0.29) is 37.7 Å². The average Bonchev–Trinajstić information content (AvgIpc) is 3.00. The van der Waals surface area contributed by atoms with Gasteiger partial charge in [-0.2, -0.15) is 0 Å². The number of aliphatic hydroxyl groups excluding tert-OH is 1. The summed E-state index contributed by atoms with van der Waals surface area (Å²) >= 11 is 0. The lowest BCUT2D eigenvalue weighted by atomic mass is 9.89. The van der Waals surface area contributed by atoms with E-state index in [1.165, 1.54) is 20.3 Å². The number of methoxy groups -OCH3 is 2. The van der Waals surface area contributed by atoms with Crippen molar-refractivity contribution in [3.63, 3.8) is 0 Å². The number of piperazine rings is 1. The lowest BCUT2D eigenvalue weighted by molar-refractivity contribution is -0.0154. The number of ether oxygens (including phenoxy) is 3.